The Morgan fingerprint density at radius 1 is 0.682 bits per heavy atom. The highest BCUT2D eigenvalue weighted by molar-refractivity contribution is 5.71. The molecule has 114 valence electrons. The Hall–Kier alpha value is -2.56. The van der Waals surface area contributed by atoms with Crippen molar-refractivity contribution in [3.05, 3.63) is 77.4 Å². The molecule has 0 radical (unpaired) electrons. The third-order valence-electron chi connectivity index (χ3n) is 2.95. The minimum absolute atomic E-state index is 0.169. The molecule has 0 aromatic heterocycles. The lowest BCUT2D eigenvalue weighted by atomic mass is 10.1. The summed E-state index contributed by atoms with van der Waals surface area (Å²) in [5.41, 5.74) is -0.382. The van der Waals surface area contributed by atoms with Gasteiger partial charge in [0.2, 0.25) is 0 Å². The Bertz CT molecular complexity index is 703. The first-order valence-electron chi connectivity index (χ1n) is 6.35. The molecule has 0 amide bonds. The van der Waals surface area contributed by atoms with E-state index in [-0.39, 0.29) is 11.1 Å². The maximum atomic E-state index is 13.9. The first-order valence-corrected chi connectivity index (χ1v) is 6.35. The fourth-order valence-corrected chi connectivity index (χ4v) is 1.77. The smallest absolute Gasteiger partial charge is 0.198 e. The first-order chi connectivity index (χ1) is 10.5. The van der Waals surface area contributed by atoms with Crippen molar-refractivity contribution < 1.29 is 22.3 Å². The molecule has 0 spiro atoms. The quantitative estimate of drug-likeness (QED) is 0.527. The van der Waals surface area contributed by atoms with Crippen LogP contribution in [0.1, 0.15) is 11.1 Å². The lowest BCUT2D eigenvalue weighted by Crippen LogP contribution is -1.89. The summed E-state index contributed by atoms with van der Waals surface area (Å²) in [6.07, 6.45) is 0. The van der Waals surface area contributed by atoms with Gasteiger partial charge in [0.25, 0.3) is 0 Å². The zero-order chi connectivity index (χ0) is 16.1. The average Bonchev–Trinajstić information content (AvgIpc) is 2.60. The third-order valence-corrected chi connectivity index (χ3v) is 2.95. The van der Waals surface area contributed by atoms with Crippen molar-refractivity contribution in [2.75, 3.05) is 7.11 Å². The van der Waals surface area contributed by atoms with Crippen LogP contribution in [0.4, 0.5) is 17.6 Å². The van der Waals surface area contributed by atoms with Gasteiger partial charge in [-0.15, -0.1) is 0 Å². The maximum absolute atomic E-state index is 13.9. The van der Waals surface area contributed by atoms with Gasteiger partial charge in [0.15, 0.2) is 23.3 Å². The van der Waals surface area contributed by atoms with Gasteiger partial charge in [0, 0.05) is 11.1 Å². The van der Waals surface area contributed by atoms with E-state index in [0.717, 1.165) is 0 Å². The molecule has 2 aromatic carbocycles. The maximum Gasteiger partial charge on any atom is 0.198 e. The van der Waals surface area contributed by atoms with E-state index >= 15 is 0 Å². The van der Waals surface area contributed by atoms with Gasteiger partial charge in [-0.3, -0.25) is 0 Å². The van der Waals surface area contributed by atoms with E-state index in [9.17, 15) is 17.6 Å². The number of rotatable bonds is 4. The van der Waals surface area contributed by atoms with E-state index in [4.69, 9.17) is 4.74 Å². The summed E-state index contributed by atoms with van der Waals surface area (Å²) in [6.45, 7) is 0. The molecule has 0 heterocycles. The van der Waals surface area contributed by atoms with E-state index in [2.05, 4.69) is 0 Å². The minimum atomic E-state index is -1.88. The summed E-state index contributed by atoms with van der Waals surface area (Å²) in [5, 5.41) is 0. The van der Waals surface area contributed by atoms with Crippen molar-refractivity contribution in [3.8, 4) is 5.75 Å². The van der Waals surface area contributed by atoms with Gasteiger partial charge in [-0.2, -0.15) is 0 Å². The van der Waals surface area contributed by atoms with Crippen molar-refractivity contribution in [1.29, 1.82) is 0 Å². The van der Waals surface area contributed by atoms with Crippen molar-refractivity contribution in [2.45, 2.75) is 0 Å². The van der Waals surface area contributed by atoms with Crippen LogP contribution in [-0.2, 0) is 0 Å². The Morgan fingerprint density at radius 2 is 1.14 bits per heavy atom. The van der Waals surface area contributed by atoms with Crippen LogP contribution in [0.3, 0.4) is 0 Å². The molecule has 0 fully saturated rings. The molecule has 5 heteroatoms. The van der Waals surface area contributed by atoms with Crippen LogP contribution in [0.25, 0.3) is 11.7 Å². The molecule has 22 heavy (non-hydrogen) atoms. The number of methoxy groups -OCH3 is 1. The van der Waals surface area contributed by atoms with Crippen LogP contribution in [-0.4, -0.2) is 7.11 Å². The molecule has 2 aromatic rings. The molecule has 0 atom stereocenters. The fourth-order valence-electron chi connectivity index (χ4n) is 1.77. The summed E-state index contributed by atoms with van der Waals surface area (Å²) in [7, 11) is 1.42. The molecule has 1 nitrogen and oxygen atoms in total. The highest BCUT2D eigenvalue weighted by Gasteiger charge is 2.19. The second kappa shape index (κ2) is 6.93. The van der Waals surface area contributed by atoms with Gasteiger partial charge in [-0.05, 0) is 24.3 Å². The average molecular weight is 308 g/mol. The van der Waals surface area contributed by atoms with Gasteiger partial charge >= 0.3 is 0 Å². The molecule has 0 aliphatic carbocycles. The Balaban J connectivity index is 2.40. The van der Waals surface area contributed by atoms with Crippen LogP contribution < -0.4 is 4.74 Å². The molecule has 0 aliphatic rings. The second-order valence-electron chi connectivity index (χ2n) is 4.35. The van der Waals surface area contributed by atoms with Crippen LogP contribution in [0.15, 0.2) is 66.3 Å². The van der Waals surface area contributed by atoms with Gasteiger partial charge in [-0.25, -0.2) is 17.6 Å². The zero-order valence-corrected chi connectivity index (χ0v) is 11.6. The van der Waals surface area contributed by atoms with Gasteiger partial charge in [0.05, 0.1) is 7.11 Å². The monoisotopic (exact) mass is 308 g/mol. The first kappa shape index (κ1) is 15.8. The van der Waals surface area contributed by atoms with E-state index in [0.29, 0.717) is 5.75 Å². The van der Waals surface area contributed by atoms with Crippen molar-refractivity contribution in [1.82, 2.24) is 0 Å². The number of ether oxygens (including phenoxy) is 1. The topological polar surface area (TPSA) is 9.23 Å². The summed E-state index contributed by atoms with van der Waals surface area (Å²) >= 11 is 0. The summed E-state index contributed by atoms with van der Waals surface area (Å²) in [5.74, 6) is -6.26. The Labute approximate surface area is 125 Å². The Morgan fingerprint density at radius 3 is 1.59 bits per heavy atom. The van der Waals surface area contributed by atoms with Crippen LogP contribution in [0.5, 0.6) is 5.75 Å². The van der Waals surface area contributed by atoms with Crippen LogP contribution in [0.2, 0.25) is 0 Å². The van der Waals surface area contributed by atoms with E-state index in [1.165, 1.54) is 55.6 Å². The van der Waals surface area contributed by atoms with Gasteiger partial charge < -0.3 is 4.74 Å². The summed E-state index contributed by atoms with van der Waals surface area (Å²) in [4.78, 5) is 0. The van der Waals surface area contributed by atoms with Crippen LogP contribution >= 0.6 is 0 Å². The molecule has 0 bridgehead atoms. The molecular formula is C17H12F4O. The van der Waals surface area contributed by atoms with Gasteiger partial charge in [-0.1, -0.05) is 30.3 Å². The fraction of sp³-hybridized carbons (Fsp3) is 0.0588. The van der Waals surface area contributed by atoms with E-state index in [1.54, 1.807) is 6.07 Å². The molecule has 0 unspecified atom stereocenters. The lowest BCUT2D eigenvalue weighted by Gasteiger charge is -2.04. The predicted octanol–water partition coefficient (Wildman–Crippen LogP) is 5.61. The normalized spacial score (nSPS) is 13.3. The predicted molar refractivity (Wildman–Crippen MR) is 77.7 cm³/mol. The zero-order valence-electron chi connectivity index (χ0n) is 11.6. The van der Waals surface area contributed by atoms with Crippen molar-refractivity contribution in [3.63, 3.8) is 0 Å². The third kappa shape index (κ3) is 3.36. The number of allylic oxidation sites excluding steroid dienone is 2. The number of hydrogen-bond acceptors (Lipinski definition) is 1. The number of halogens is 4. The SMILES string of the molecule is COc1ccc(/C(F)=C(F)/C(F)=C(\F)c2ccccc2)cc1. The standard InChI is InChI=1S/C17H12F4O/c1-22-13-9-7-12(8-10-13)15(19)17(21)16(20)14(18)11-5-3-2-4-6-11/h2-10H,1H3/b16-14+,17-15+. The molecule has 0 N–H and O–H groups in total. The number of benzene rings is 2. The largest absolute Gasteiger partial charge is 0.497 e. The molecule has 0 aliphatic heterocycles. The summed E-state index contributed by atoms with van der Waals surface area (Å²) in [6, 6.07) is 12.2. The van der Waals surface area contributed by atoms with Crippen molar-refractivity contribution >= 4 is 11.7 Å². The number of hydrogen-bond donors (Lipinski definition) is 0. The molecular weight excluding hydrogens is 296 g/mol. The van der Waals surface area contributed by atoms with Gasteiger partial charge in [0.1, 0.15) is 5.75 Å². The molecule has 2 rings (SSSR count). The van der Waals surface area contributed by atoms with E-state index < -0.39 is 23.3 Å². The second-order valence-corrected chi connectivity index (χ2v) is 4.35. The van der Waals surface area contributed by atoms with Crippen molar-refractivity contribution in [2.24, 2.45) is 0 Å². The van der Waals surface area contributed by atoms with Crippen LogP contribution in [0, 0.1) is 0 Å². The molecule has 0 saturated carbocycles. The highest BCUT2D eigenvalue weighted by Crippen LogP contribution is 2.33. The highest BCUT2D eigenvalue weighted by atomic mass is 19.2. The lowest BCUT2D eigenvalue weighted by molar-refractivity contribution is 0.414. The summed E-state index contributed by atoms with van der Waals surface area (Å²) < 4.78 is 60.2. The van der Waals surface area contributed by atoms with E-state index in [1.807, 2.05) is 0 Å². The Kier molecular flexibility index (Phi) is 4.99. The molecule has 0 saturated heterocycles. The minimum Gasteiger partial charge on any atom is -0.497 e.